The first-order valence-corrected chi connectivity index (χ1v) is 6.47. The number of carbonyl (C=O) groups excluding carboxylic acids is 1. The van der Waals surface area contributed by atoms with Gasteiger partial charge in [-0.2, -0.15) is 0 Å². The van der Waals surface area contributed by atoms with Crippen molar-refractivity contribution in [1.29, 1.82) is 0 Å². The van der Waals surface area contributed by atoms with Crippen LogP contribution in [0.25, 0.3) is 0 Å². The first-order chi connectivity index (χ1) is 8.41. The normalized spacial score (nSPS) is 12.6. The van der Waals surface area contributed by atoms with Gasteiger partial charge in [0.1, 0.15) is 11.7 Å². The molecule has 8 heteroatoms. The number of amides is 1. The number of carbonyl (C=O) groups is 2. The highest BCUT2D eigenvalue weighted by Gasteiger charge is 2.10. The molecule has 1 unspecified atom stereocenters. The molecule has 1 amide bonds. The molecule has 0 spiro atoms. The Morgan fingerprint density at radius 1 is 1.56 bits per heavy atom. The standard InChI is InChI=1S/C10H11Br2N3O3/c11-5-4-7(15-8(5)12)9(16)14-3-1-2-6(13)10(17)18/h1-2,4,6,15H,3,13H2,(H,14,16)(H,17,18)/b2-1+. The van der Waals surface area contributed by atoms with Crippen molar-refractivity contribution >= 4 is 43.7 Å². The summed E-state index contributed by atoms with van der Waals surface area (Å²) in [5.41, 5.74) is 5.64. The second kappa shape index (κ2) is 6.72. The van der Waals surface area contributed by atoms with Crippen molar-refractivity contribution in [3.05, 3.63) is 33.0 Å². The van der Waals surface area contributed by atoms with E-state index in [2.05, 4.69) is 42.2 Å². The van der Waals surface area contributed by atoms with Crippen LogP contribution in [0, 0.1) is 0 Å². The highest BCUT2D eigenvalue weighted by Crippen LogP contribution is 2.22. The zero-order valence-electron chi connectivity index (χ0n) is 9.11. The lowest BCUT2D eigenvalue weighted by molar-refractivity contribution is -0.137. The SMILES string of the molecule is NC(/C=C/CNC(=O)c1cc(Br)c(Br)[nH]1)C(=O)O. The van der Waals surface area contributed by atoms with Gasteiger partial charge in [-0.15, -0.1) is 0 Å². The molecular weight excluding hydrogens is 370 g/mol. The molecular formula is C10H11Br2N3O3. The predicted molar refractivity (Wildman–Crippen MR) is 73.3 cm³/mol. The van der Waals surface area contributed by atoms with Gasteiger partial charge in [0, 0.05) is 6.54 Å². The molecule has 1 aromatic heterocycles. The number of carboxylic acids is 1. The number of aromatic nitrogens is 1. The van der Waals surface area contributed by atoms with Crippen molar-refractivity contribution in [2.45, 2.75) is 6.04 Å². The van der Waals surface area contributed by atoms with E-state index in [1.54, 1.807) is 6.07 Å². The lowest BCUT2D eigenvalue weighted by atomic mass is 10.3. The van der Waals surface area contributed by atoms with Crippen LogP contribution in [0.5, 0.6) is 0 Å². The monoisotopic (exact) mass is 379 g/mol. The van der Waals surface area contributed by atoms with Crippen LogP contribution in [0.3, 0.4) is 0 Å². The van der Waals surface area contributed by atoms with Gasteiger partial charge >= 0.3 is 5.97 Å². The van der Waals surface area contributed by atoms with Crippen LogP contribution < -0.4 is 11.1 Å². The number of rotatable bonds is 5. The highest BCUT2D eigenvalue weighted by atomic mass is 79.9. The molecule has 18 heavy (non-hydrogen) atoms. The summed E-state index contributed by atoms with van der Waals surface area (Å²) in [5.74, 6) is -1.41. The lowest BCUT2D eigenvalue weighted by Gasteiger charge is -2.00. The minimum Gasteiger partial charge on any atom is -0.480 e. The van der Waals surface area contributed by atoms with Crippen LogP contribution in [-0.2, 0) is 4.79 Å². The third-order valence-electron chi connectivity index (χ3n) is 1.98. The first kappa shape index (κ1) is 14.9. The van der Waals surface area contributed by atoms with Crippen LogP contribution in [0.1, 0.15) is 10.5 Å². The minimum absolute atomic E-state index is 0.202. The number of H-pyrrole nitrogens is 1. The van der Waals surface area contributed by atoms with Crippen LogP contribution in [0.15, 0.2) is 27.3 Å². The van der Waals surface area contributed by atoms with E-state index in [1.165, 1.54) is 12.2 Å². The summed E-state index contributed by atoms with van der Waals surface area (Å²) in [6.45, 7) is 0.202. The molecule has 0 aliphatic rings. The van der Waals surface area contributed by atoms with E-state index in [4.69, 9.17) is 10.8 Å². The maximum absolute atomic E-state index is 11.6. The number of hydrogen-bond acceptors (Lipinski definition) is 3. The second-order valence-corrected chi connectivity index (χ2v) is 4.99. The van der Waals surface area contributed by atoms with Crippen LogP contribution in [0.4, 0.5) is 0 Å². The number of aromatic amines is 1. The fourth-order valence-electron chi connectivity index (χ4n) is 1.07. The third kappa shape index (κ3) is 4.28. The van der Waals surface area contributed by atoms with E-state index in [0.29, 0.717) is 10.3 Å². The van der Waals surface area contributed by atoms with Gasteiger partial charge in [-0.25, -0.2) is 0 Å². The molecule has 0 radical (unpaired) electrons. The number of hydrogen-bond donors (Lipinski definition) is 4. The van der Waals surface area contributed by atoms with E-state index in [9.17, 15) is 9.59 Å². The minimum atomic E-state index is -1.12. The zero-order chi connectivity index (χ0) is 13.7. The fraction of sp³-hybridized carbons (Fsp3) is 0.200. The third-order valence-corrected chi connectivity index (χ3v) is 3.76. The van der Waals surface area contributed by atoms with Crippen molar-refractivity contribution in [2.75, 3.05) is 6.54 Å². The maximum atomic E-state index is 11.6. The quantitative estimate of drug-likeness (QED) is 0.576. The first-order valence-electron chi connectivity index (χ1n) is 4.89. The molecule has 0 saturated carbocycles. The van der Waals surface area contributed by atoms with Crippen LogP contribution >= 0.6 is 31.9 Å². The molecule has 0 aliphatic carbocycles. The van der Waals surface area contributed by atoms with Gasteiger partial charge in [-0.05, 0) is 37.9 Å². The summed E-state index contributed by atoms with van der Waals surface area (Å²) >= 11 is 6.47. The summed E-state index contributed by atoms with van der Waals surface area (Å²) in [5, 5.41) is 11.1. The molecule has 0 aliphatic heterocycles. The molecule has 0 saturated heterocycles. The van der Waals surface area contributed by atoms with Crippen molar-refractivity contribution in [3.63, 3.8) is 0 Å². The smallest absolute Gasteiger partial charge is 0.324 e. The number of aliphatic carboxylic acids is 1. The Morgan fingerprint density at radius 2 is 2.22 bits per heavy atom. The van der Waals surface area contributed by atoms with Gasteiger partial charge in [0.25, 0.3) is 5.91 Å². The van der Waals surface area contributed by atoms with Gasteiger partial charge in [0.05, 0.1) is 9.08 Å². The lowest BCUT2D eigenvalue weighted by Crippen LogP contribution is -2.28. The molecule has 98 valence electrons. The fourth-order valence-corrected chi connectivity index (χ4v) is 1.73. The van der Waals surface area contributed by atoms with Crippen LogP contribution in [0.2, 0.25) is 0 Å². The molecule has 1 atom stereocenters. The van der Waals surface area contributed by atoms with Gasteiger partial charge in [-0.1, -0.05) is 12.2 Å². The average molecular weight is 381 g/mol. The largest absolute Gasteiger partial charge is 0.480 e. The van der Waals surface area contributed by atoms with E-state index in [-0.39, 0.29) is 12.5 Å². The van der Waals surface area contributed by atoms with E-state index in [0.717, 1.165) is 4.47 Å². The van der Waals surface area contributed by atoms with Crippen LogP contribution in [-0.4, -0.2) is 34.6 Å². The Morgan fingerprint density at radius 3 is 2.72 bits per heavy atom. The number of carboxylic acid groups (broad SMARTS) is 1. The zero-order valence-corrected chi connectivity index (χ0v) is 12.3. The molecule has 1 aromatic rings. The highest BCUT2D eigenvalue weighted by molar-refractivity contribution is 9.13. The topological polar surface area (TPSA) is 108 Å². The predicted octanol–water partition coefficient (Wildman–Crippen LogP) is 1.24. The Balaban J connectivity index is 2.45. The van der Waals surface area contributed by atoms with Gasteiger partial charge in [-0.3, -0.25) is 9.59 Å². The number of nitrogens with one attached hydrogen (secondary N) is 2. The molecule has 0 fully saturated rings. The number of halogens is 2. The Hall–Kier alpha value is -1.12. The van der Waals surface area contributed by atoms with Gasteiger partial charge in [0.2, 0.25) is 0 Å². The average Bonchev–Trinajstić information content (AvgIpc) is 2.64. The van der Waals surface area contributed by atoms with Crippen molar-refractivity contribution in [3.8, 4) is 0 Å². The summed E-state index contributed by atoms with van der Waals surface area (Å²) in [4.78, 5) is 24.9. The molecule has 6 nitrogen and oxygen atoms in total. The van der Waals surface area contributed by atoms with E-state index in [1.807, 2.05) is 0 Å². The summed E-state index contributed by atoms with van der Waals surface area (Å²) in [6.07, 6.45) is 2.80. The summed E-state index contributed by atoms with van der Waals surface area (Å²) < 4.78 is 1.42. The van der Waals surface area contributed by atoms with Crippen molar-refractivity contribution in [1.82, 2.24) is 10.3 Å². The molecule has 0 aromatic carbocycles. The molecule has 1 heterocycles. The Labute approximate surface area is 120 Å². The van der Waals surface area contributed by atoms with E-state index >= 15 is 0 Å². The molecule has 5 N–H and O–H groups in total. The molecule has 1 rings (SSSR count). The maximum Gasteiger partial charge on any atom is 0.324 e. The Kier molecular flexibility index (Phi) is 5.57. The molecule has 0 bridgehead atoms. The van der Waals surface area contributed by atoms with Crippen molar-refractivity contribution < 1.29 is 14.7 Å². The summed E-state index contributed by atoms with van der Waals surface area (Å²) in [7, 11) is 0. The van der Waals surface area contributed by atoms with Gasteiger partial charge in [0.15, 0.2) is 0 Å². The Bertz CT molecular complexity index is 465. The second-order valence-electron chi connectivity index (χ2n) is 3.35. The number of nitrogens with two attached hydrogens (primary N) is 1. The van der Waals surface area contributed by atoms with E-state index < -0.39 is 12.0 Å². The summed E-state index contributed by atoms with van der Waals surface area (Å²) in [6, 6.07) is 0.572. The van der Waals surface area contributed by atoms with Gasteiger partial charge < -0.3 is 21.1 Å². The van der Waals surface area contributed by atoms with Crippen molar-refractivity contribution in [2.24, 2.45) is 5.73 Å².